The molecule has 0 spiro atoms. The summed E-state index contributed by atoms with van der Waals surface area (Å²) in [5.41, 5.74) is 1.16. The third-order valence-electron chi connectivity index (χ3n) is 3.39. The number of aryl methyl sites for hydroxylation is 1. The Bertz CT molecular complexity index is 337. The van der Waals surface area contributed by atoms with E-state index >= 15 is 0 Å². The molecule has 1 aliphatic rings. The van der Waals surface area contributed by atoms with Gasteiger partial charge < -0.3 is 5.32 Å². The SMILES string of the molecule is CCN1CCC(CNC)C1c1nc(C)cs1. The highest BCUT2D eigenvalue weighted by atomic mass is 32.1. The Kier molecular flexibility index (Phi) is 3.95. The second-order valence-electron chi connectivity index (χ2n) is 4.51. The van der Waals surface area contributed by atoms with Crippen LogP contribution in [-0.2, 0) is 0 Å². The second kappa shape index (κ2) is 5.25. The molecule has 0 saturated carbocycles. The molecular formula is C12H21N3S. The molecular weight excluding hydrogens is 218 g/mol. The molecule has 0 aliphatic carbocycles. The van der Waals surface area contributed by atoms with Crippen LogP contribution in [0, 0.1) is 12.8 Å². The molecule has 4 heteroatoms. The molecule has 1 N–H and O–H groups in total. The van der Waals surface area contributed by atoms with Gasteiger partial charge in [-0.05, 0) is 45.9 Å². The van der Waals surface area contributed by atoms with Crippen LogP contribution >= 0.6 is 11.3 Å². The molecule has 2 unspecified atom stereocenters. The summed E-state index contributed by atoms with van der Waals surface area (Å²) in [7, 11) is 2.04. The first-order valence-electron chi connectivity index (χ1n) is 6.07. The molecule has 1 saturated heterocycles. The molecule has 3 nitrogen and oxygen atoms in total. The highest BCUT2D eigenvalue weighted by molar-refractivity contribution is 7.09. The van der Waals surface area contributed by atoms with Gasteiger partial charge >= 0.3 is 0 Å². The minimum Gasteiger partial charge on any atom is -0.319 e. The minimum atomic E-state index is 0.538. The van der Waals surface area contributed by atoms with Crippen LogP contribution in [0.1, 0.15) is 30.1 Å². The fourth-order valence-corrected chi connectivity index (χ4v) is 3.64. The Labute approximate surface area is 102 Å². The first-order chi connectivity index (χ1) is 7.76. The Morgan fingerprint density at radius 2 is 2.44 bits per heavy atom. The summed E-state index contributed by atoms with van der Waals surface area (Å²) in [5.74, 6) is 0.718. The van der Waals surface area contributed by atoms with E-state index in [9.17, 15) is 0 Å². The van der Waals surface area contributed by atoms with Gasteiger partial charge in [0.1, 0.15) is 5.01 Å². The number of rotatable bonds is 4. The zero-order valence-corrected chi connectivity index (χ0v) is 11.2. The average Bonchev–Trinajstić information content (AvgIpc) is 2.85. The monoisotopic (exact) mass is 239 g/mol. The molecule has 1 aromatic heterocycles. The van der Waals surface area contributed by atoms with E-state index in [0.29, 0.717) is 6.04 Å². The lowest BCUT2D eigenvalue weighted by atomic mass is 10.0. The van der Waals surface area contributed by atoms with E-state index in [-0.39, 0.29) is 0 Å². The molecule has 0 radical (unpaired) electrons. The number of hydrogen-bond donors (Lipinski definition) is 1. The molecule has 2 rings (SSSR count). The fourth-order valence-electron chi connectivity index (χ4n) is 2.62. The van der Waals surface area contributed by atoms with Crippen molar-refractivity contribution in [1.29, 1.82) is 0 Å². The van der Waals surface area contributed by atoms with Gasteiger partial charge in [-0.2, -0.15) is 0 Å². The van der Waals surface area contributed by atoms with E-state index < -0.39 is 0 Å². The number of nitrogens with zero attached hydrogens (tertiary/aromatic N) is 2. The Morgan fingerprint density at radius 1 is 1.62 bits per heavy atom. The van der Waals surface area contributed by atoms with Crippen molar-refractivity contribution in [2.45, 2.75) is 26.3 Å². The van der Waals surface area contributed by atoms with Crippen LogP contribution in [0.2, 0.25) is 0 Å². The minimum absolute atomic E-state index is 0.538. The summed E-state index contributed by atoms with van der Waals surface area (Å²) >= 11 is 1.81. The normalized spacial score (nSPS) is 26.4. The van der Waals surface area contributed by atoms with Crippen molar-refractivity contribution >= 4 is 11.3 Å². The van der Waals surface area contributed by atoms with Gasteiger partial charge in [-0.15, -0.1) is 11.3 Å². The maximum absolute atomic E-state index is 4.67. The van der Waals surface area contributed by atoms with Crippen LogP contribution in [0.5, 0.6) is 0 Å². The highest BCUT2D eigenvalue weighted by Crippen LogP contribution is 2.37. The van der Waals surface area contributed by atoms with Gasteiger partial charge in [0.25, 0.3) is 0 Å². The quantitative estimate of drug-likeness (QED) is 0.871. The first kappa shape index (κ1) is 12.0. The van der Waals surface area contributed by atoms with Gasteiger partial charge in [0.05, 0.1) is 6.04 Å². The lowest BCUT2D eigenvalue weighted by Crippen LogP contribution is -2.29. The zero-order valence-electron chi connectivity index (χ0n) is 10.4. The summed E-state index contributed by atoms with van der Waals surface area (Å²) in [6, 6.07) is 0.538. The standard InChI is InChI=1S/C12H21N3S/c1-4-15-6-5-10(7-13-3)11(15)12-14-9(2)8-16-12/h8,10-11,13H,4-7H2,1-3H3. The Morgan fingerprint density at radius 3 is 3.00 bits per heavy atom. The maximum Gasteiger partial charge on any atom is 0.110 e. The summed E-state index contributed by atoms with van der Waals surface area (Å²) in [6.45, 7) is 7.77. The van der Waals surface area contributed by atoms with E-state index in [1.54, 1.807) is 0 Å². The fraction of sp³-hybridized carbons (Fsp3) is 0.750. The van der Waals surface area contributed by atoms with Crippen LogP contribution in [0.3, 0.4) is 0 Å². The lowest BCUT2D eigenvalue weighted by Gasteiger charge is -2.25. The van der Waals surface area contributed by atoms with Crippen LogP contribution in [0.15, 0.2) is 5.38 Å². The number of hydrogen-bond acceptors (Lipinski definition) is 4. The molecule has 0 amide bonds. The number of likely N-dealkylation sites (tertiary alicyclic amines) is 1. The smallest absolute Gasteiger partial charge is 0.110 e. The van der Waals surface area contributed by atoms with E-state index in [2.05, 4.69) is 34.4 Å². The maximum atomic E-state index is 4.67. The molecule has 2 heterocycles. The van der Waals surface area contributed by atoms with Gasteiger partial charge in [-0.25, -0.2) is 4.98 Å². The molecule has 0 aromatic carbocycles. The third-order valence-corrected chi connectivity index (χ3v) is 4.42. The predicted octanol–water partition coefficient (Wildman–Crippen LogP) is 2.05. The summed E-state index contributed by atoms with van der Waals surface area (Å²) < 4.78 is 0. The summed E-state index contributed by atoms with van der Waals surface area (Å²) in [4.78, 5) is 7.23. The summed E-state index contributed by atoms with van der Waals surface area (Å²) in [6.07, 6.45) is 1.29. The molecule has 16 heavy (non-hydrogen) atoms. The van der Waals surface area contributed by atoms with Crippen molar-refractivity contribution in [3.05, 3.63) is 16.1 Å². The van der Waals surface area contributed by atoms with Gasteiger partial charge in [0, 0.05) is 11.1 Å². The van der Waals surface area contributed by atoms with Gasteiger partial charge in [0.2, 0.25) is 0 Å². The van der Waals surface area contributed by atoms with Crippen LogP contribution < -0.4 is 5.32 Å². The van der Waals surface area contributed by atoms with Gasteiger partial charge in [-0.1, -0.05) is 6.92 Å². The van der Waals surface area contributed by atoms with Crippen molar-refractivity contribution in [2.24, 2.45) is 5.92 Å². The summed E-state index contributed by atoms with van der Waals surface area (Å²) in [5, 5.41) is 6.78. The third kappa shape index (κ3) is 2.29. The first-order valence-corrected chi connectivity index (χ1v) is 6.95. The van der Waals surface area contributed by atoms with Crippen LogP contribution in [0.4, 0.5) is 0 Å². The van der Waals surface area contributed by atoms with Crippen molar-refractivity contribution in [3.63, 3.8) is 0 Å². The number of aromatic nitrogens is 1. The lowest BCUT2D eigenvalue weighted by molar-refractivity contribution is 0.237. The van der Waals surface area contributed by atoms with E-state index in [4.69, 9.17) is 0 Å². The molecule has 90 valence electrons. The molecule has 1 fully saturated rings. The number of nitrogens with one attached hydrogen (secondary N) is 1. The predicted molar refractivity (Wildman–Crippen MR) is 68.9 cm³/mol. The van der Waals surface area contributed by atoms with Crippen LogP contribution in [-0.4, -0.2) is 36.6 Å². The van der Waals surface area contributed by atoms with Crippen molar-refractivity contribution in [3.8, 4) is 0 Å². The molecule has 1 aromatic rings. The molecule has 1 aliphatic heterocycles. The van der Waals surface area contributed by atoms with E-state index in [1.807, 2.05) is 18.4 Å². The van der Waals surface area contributed by atoms with Crippen molar-refractivity contribution in [2.75, 3.05) is 26.7 Å². The van der Waals surface area contributed by atoms with E-state index in [0.717, 1.165) is 24.7 Å². The van der Waals surface area contributed by atoms with Gasteiger partial charge in [0.15, 0.2) is 0 Å². The van der Waals surface area contributed by atoms with Crippen molar-refractivity contribution < 1.29 is 0 Å². The molecule has 0 bridgehead atoms. The van der Waals surface area contributed by atoms with Crippen LogP contribution in [0.25, 0.3) is 0 Å². The Balaban J connectivity index is 2.18. The Hall–Kier alpha value is -0.450. The zero-order chi connectivity index (χ0) is 11.5. The average molecular weight is 239 g/mol. The van der Waals surface area contributed by atoms with Crippen molar-refractivity contribution in [1.82, 2.24) is 15.2 Å². The topological polar surface area (TPSA) is 28.2 Å². The largest absolute Gasteiger partial charge is 0.319 e. The number of thiazole rings is 1. The van der Waals surface area contributed by atoms with E-state index in [1.165, 1.54) is 18.0 Å². The van der Waals surface area contributed by atoms with Gasteiger partial charge in [-0.3, -0.25) is 4.90 Å². The highest BCUT2D eigenvalue weighted by Gasteiger charge is 2.35. The molecule has 2 atom stereocenters. The second-order valence-corrected chi connectivity index (χ2v) is 5.40.